The standard InChI is InChI=1S/C21H36O9/c1-19(2,3)16(24)28-12-11(10-22)27-15(23)14(30-18(26)21(7,8)9)13(12)29-17(25)20(4,5)6/h11-15,22-23H,10H2,1-9H3/t11-,12-,13+,14-,15?/m1/s1. The van der Waals surface area contributed by atoms with Crippen LogP contribution >= 0.6 is 0 Å². The molecule has 0 aromatic rings. The van der Waals surface area contributed by atoms with E-state index in [1.54, 1.807) is 62.3 Å². The van der Waals surface area contributed by atoms with Crippen molar-refractivity contribution >= 4 is 17.9 Å². The van der Waals surface area contributed by atoms with E-state index in [-0.39, 0.29) is 0 Å². The van der Waals surface area contributed by atoms with E-state index >= 15 is 0 Å². The first-order chi connectivity index (χ1) is 13.4. The lowest BCUT2D eigenvalue weighted by Crippen LogP contribution is -2.63. The maximum Gasteiger partial charge on any atom is 0.311 e. The van der Waals surface area contributed by atoms with Crippen molar-refractivity contribution in [1.82, 2.24) is 0 Å². The van der Waals surface area contributed by atoms with Crippen LogP contribution in [-0.4, -0.2) is 65.4 Å². The molecule has 174 valence electrons. The van der Waals surface area contributed by atoms with Crippen LogP contribution in [0.15, 0.2) is 0 Å². The number of carbonyl (C=O) groups is 3. The van der Waals surface area contributed by atoms with E-state index in [0.29, 0.717) is 0 Å². The molecule has 0 amide bonds. The molecule has 1 heterocycles. The number of carbonyl (C=O) groups excluding carboxylic acids is 3. The monoisotopic (exact) mass is 432 g/mol. The van der Waals surface area contributed by atoms with Gasteiger partial charge in [0.05, 0.1) is 22.9 Å². The summed E-state index contributed by atoms with van der Waals surface area (Å²) < 4.78 is 21.9. The molecule has 0 bridgehead atoms. The summed E-state index contributed by atoms with van der Waals surface area (Å²) in [6.07, 6.45) is -7.02. The maximum atomic E-state index is 12.6. The van der Waals surface area contributed by atoms with Crippen molar-refractivity contribution in [2.75, 3.05) is 6.61 Å². The maximum absolute atomic E-state index is 12.6. The highest BCUT2D eigenvalue weighted by Gasteiger charge is 2.53. The topological polar surface area (TPSA) is 129 Å². The minimum atomic E-state index is -1.70. The Balaban J connectivity index is 3.37. The van der Waals surface area contributed by atoms with Crippen molar-refractivity contribution in [2.45, 2.75) is 93.0 Å². The third kappa shape index (κ3) is 6.65. The SMILES string of the molecule is CC(C)(C)C(=O)O[C@H]1[C@H](OC(=O)C(C)(C)C)[C@@H](OC(=O)C(C)(C)C)C(O)O[C@@H]1CO. The van der Waals surface area contributed by atoms with Crippen molar-refractivity contribution in [3.05, 3.63) is 0 Å². The Bertz CT molecular complexity index is 636. The molecular weight excluding hydrogens is 396 g/mol. The second-order valence-corrected chi connectivity index (χ2v) is 10.6. The van der Waals surface area contributed by atoms with E-state index < -0.39 is 71.5 Å². The molecule has 1 unspecified atom stereocenters. The molecule has 0 aromatic carbocycles. The Morgan fingerprint density at radius 2 is 1.03 bits per heavy atom. The van der Waals surface area contributed by atoms with Crippen LogP contribution in [0.25, 0.3) is 0 Å². The van der Waals surface area contributed by atoms with Gasteiger partial charge < -0.3 is 29.2 Å². The fourth-order valence-corrected chi connectivity index (χ4v) is 2.35. The third-order valence-corrected chi connectivity index (χ3v) is 4.36. The summed E-state index contributed by atoms with van der Waals surface area (Å²) in [6, 6.07) is 0. The van der Waals surface area contributed by atoms with Gasteiger partial charge in [-0.15, -0.1) is 0 Å². The molecule has 5 atom stereocenters. The summed E-state index contributed by atoms with van der Waals surface area (Å²) >= 11 is 0. The van der Waals surface area contributed by atoms with E-state index in [4.69, 9.17) is 18.9 Å². The molecule has 0 aromatic heterocycles. The highest BCUT2D eigenvalue weighted by Crippen LogP contribution is 2.32. The van der Waals surface area contributed by atoms with Gasteiger partial charge in [-0.1, -0.05) is 0 Å². The van der Waals surface area contributed by atoms with E-state index in [1.165, 1.54) is 0 Å². The van der Waals surface area contributed by atoms with Gasteiger partial charge in [-0.2, -0.15) is 0 Å². The Labute approximate surface area is 178 Å². The van der Waals surface area contributed by atoms with E-state index in [2.05, 4.69) is 0 Å². The molecule has 0 spiro atoms. The van der Waals surface area contributed by atoms with Gasteiger partial charge in [-0.05, 0) is 62.3 Å². The van der Waals surface area contributed by atoms with Crippen LogP contribution < -0.4 is 0 Å². The lowest BCUT2D eigenvalue weighted by Gasteiger charge is -2.44. The van der Waals surface area contributed by atoms with Crippen molar-refractivity contribution in [3.63, 3.8) is 0 Å². The van der Waals surface area contributed by atoms with Crippen LogP contribution in [0.5, 0.6) is 0 Å². The highest BCUT2D eigenvalue weighted by molar-refractivity contribution is 5.77. The first kappa shape index (κ1) is 26.3. The van der Waals surface area contributed by atoms with Crippen LogP contribution in [-0.2, 0) is 33.3 Å². The first-order valence-corrected chi connectivity index (χ1v) is 9.97. The summed E-state index contributed by atoms with van der Waals surface area (Å²) in [6.45, 7) is 14.0. The fraction of sp³-hybridized carbons (Fsp3) is 0.857. The average molecular weight is 433 g/mol. The minimum Gasteiger partial charge on any atom is -0.455 e. The zero-order chi connectivity index (χ0) is 23.7. The van der Waals surface area contributed by atoms with Crippen molar-refractivity contribution in [3.8, 4) is 0 Å². The van der Waals surface area contributed by atoms with Gasteiger partial charge in [0.2, 0.25) is 0 Å². The largest absolute Gasteiger partial charge is 0.455 e. The van der Waals surface area contributed by atoms with Crippen LogP contribution in [0, 0.1) is 16.2 Å². The molecule has 1 rings (SSSR count). The molecule has 1 saturated heterocycles. The minimum absolute atomic E-state index is 0.622. The first-order valence-electron chi connectivity index (χ1n) is 9.97. The van der Waals surface area contributed by atoms with Crippen LogP contribution in [0.2, 0.25) is 0 Å². The number of aliphatic hydroxyl groups is 2. The molecule has 1 aliphatic rings. The van der Waals surface area contributed by atoms with Gasteiger partial charge in [0.1, 0.15) is 6.10 Å². The Morgan fingerprint density at radius 3 is 1.37 bits per heavy atom. The lowest BCUT2D eigenvalue weighted by atomic mass is 9.93. The van der Waals surface area contributed by atoms with Gasteiger partial charge >= 0.3 is 17.9 Å². The van der Waals surface area contributed by atoms with Gasteiger partial charge in [0.15, 0.2) is 24.6 Å². The summed E-state index contributed by atoms with van der Waals surface area (Å²) in [5.41, 5.74) is -2.73. The van der Waals surface area contributed by atoms with E-state index in [0.717, 1.165) is 0 Å². The van der Waals surface area contributed by atoms with Crippen molar-refractivity contribution < 1.29 is 43.5 Å². The second-order valence-electron chi connectivity index (χ2n) is 10.6. The summed E-state index contributed by atoms with van der Waals surface area (Å²) in [7, 11) is 0. The predicted octanol–water partition coefficient (Wildman–Crippen LogP) is 1.57. The van der Waals surface area contributed by atoms with Crippen LogP contribution in [0.1, 0.15) is 62.3 Å². The van der Waals surface area contributed by atoms with Crippen molar-refractivity contribution in [2.24, 2.45) is 16.2 Å². The fourth-order valence-electron chi connectivity index (χ4n) is 2.35. The number of aliphatic hydroxyl groups excluding tert-OH is 2. The van der Waals surface area contributed by atoms with E-state index in [9.17, 15) is 24.6 Å². The quantitative estimate of drug-likeness (QED) is 0.502. The normalized spacial score (nSPS) is 27.9. The Kier molecular flexibility index (Phi) is 8.07. The molecule has 1 aliphatic heterocycles. The summed E-state index contributed by atoms with van der Waals surface area (Å²) in [5.74, 6) is -1.97. The van der Waals surface area contributed by atoms with Gasteiger partial charge in [-0.3, -0.25) is 14.4 Å². The number of esters is 3. The summed E-state index contributed by atoms with van der Waals surface area (Å²) in [4.78, 5) is 37.6. The Hall–Kier alpha value is -1.71. The predicted molar refractivity (Wildman–Crippen MR) is 106 cm³/mol. The lowest BCUT2D eigenvalue weighted by molar-refractivity contribution is -0.300. The van der Waals surface area contributed by atoms with Gasteiger partial charge in [0, 0.05) is 0 Å². The zero-order valence-corrected chi connectivity index (χ0v) is 19.3. The molecular formula is C21H36O9. The van der Waals surface area contributed by atoms with Gasteiger partial charge in [-0.25, -0.2) is 0 Å². The molecule has 9 heteroatoms. The van der Waals surface area contributed by atoms with Crippen LogP contribution in [0.4, 0.5) is 0 Å². The molecule has 9 nitrogen and oxygen atoms in total. The second kappa shape index (κ2) is 9.20. The van der Waals surface area contributed by atoms with Crippen LogP contribution in [0.3, 0.4) is 0 Å². The van der Waals surface area contributed by atoms with Crippen molar-refractivity contribution in [1.29, 1.82) is 0 Å². The summed E-state index contributed by atoms with van der Waals surface area (Å²) in [5, 5.41) is 20.2. The van der Waals surface area contributed by atoms with Gasteiger partial charge in [0.25, 0.3) is 0 Å². The zero-order valence-electron chi connectivity index (χ0n) is 19.3. The molecule has 1 fully saturated rings. The van der Waals surface area contributed by atoms with E-state index in [1.807, 2.05) is 0 Å². The number of hydrogen-bond donors (Lipinski definition) is 2. The Morgan fingerprint density at radius 1 is 0.700 bits per heavy atom. The number of rotatable bonds is 4. The molecule has 0 saturated carbocycles. The number of hydrogen-bond acceptors (Lipinski definition) is 9. The number of ether oxygens (including phenoxy) is 4. The molecule has 2 N–H and O–H groups in total. The molecule has 0 radical (unpaired) electrons. The highest BCUT2D eigenvalue weighted by atomic mass is 16.7. The molecule has 30 heavy (non-hydrogen) atoms. The smallest absolute Gasteiger partial charge is 0.311 e. The molecule has 0 aliphatic carbocycles. The average Bonchev–Trinajstić information content (AvgIpc) is 2.56. The third-order valence-electron chi connectivity index (χ3n) is 4.36.